The van der Waals surface area contributed by atoms with E-state index in [4.69, 9.17) is 9.47 Å². The zero-order chi connectivity index (χ0) is 15.7. The van der Waals surface area contributed by atoms with Gasteiger partial charge >= 0.3 is 0 Å². The van der Waals surface area contributed by atoms with Crippen molar-refractivity contribution in [2.75, 3.05) is 36.2 Å². The van der Waals surface area contributed by atoms with Crippen molar-refractivity contribution in [3.05, 3.63) is 23.8 Å². The lowest BCUT2D eigenvalue weighted by Gasteiger charge is -2.21. The van der Waals surface area contributed by atoms with Crippen LogP contribution in [0.5, 0.6) is 11.5 Å². The van der Waals surface area contributed by atoms with Crippen molar-refractivity contribution in [1.82, 2.24) is 0 Å². The summed E-state index contributed by atoms with van der Waals surface area (Å²) in [6.07, 6.45) is 0. The fraction of sp³-hybridized carbons (Fsp3) is 0.533. The Hall–Kier alpha value is -1.21. The number of carbonyl (C=O) groups is 1. The average molecular weight is 343 g/mol. The molecule has 0 amide bonds. The Morgan fingerprint density at radius 2 is 1.77 bits per heavy atom. The molecule has 0 spiro atoms. The van der Waals surface area contributed by atoms with Crippen molar-refractivity contribution in [2.24, 2.45) is 0 Å². The van der Waals surface area contributed by atoms with Crippen molar-refractivity contribution < 1.29 is 22.7 Å². The molecule has 1 aromatic carbocycles. The van der Waals surface area contributed by atoms with Crippen LogP contribution in [0.3, 0.4) is 0 Å². The van der Waals surface area contributed by atoms with Crippen LogP contribution in [0.25, 0.3) is 0 Å². The molecule has 1 unspecified atom stereocenters. The molecule has 0 aromatic heterocycles. The Bertz CT molecular complexity index is 669. The number of hydrogen-bond acceptors (Lipinski definition) is 5. The minimum absolute atomic E-state index is 0.0552. The monoisotopic (exact) mass is 343 g/mol. The van der Waals surface area contributed by atoms with Crippen molar-refractivity contribution >= 4 is 26.5 Å². The molecule has 22 heavy (non-hydrogen) atoms. The highest BCUT2D eigenvalue weighted by atomic mass is 32.2. The first-order valence-corrected chi connectivity index (χ1v) is 10.7. The summed E-state index contributed by atoms with van der Waals surface area (Å²) in [5.41, 5.74) is 0.609. The molecule has 3 rings (SSSR count). The highest BCUT2D eigenvalue weighted by Gasteiger charge is 2.39. The Morgan fingerprint density at radius 1 is 1.14 bits per heavy atom. The second-order valence-electron chi connectivity index (χ2n) is 5.46. The van der Waals surface area contributed by atoms with Crippen LogP contribution >= 0.6 is 0 Å². The summed E-state index contributed by atoms with van der Waals surface area (Å²) in [7, 11) is -3.06. The van der Waals surface area contributed by atoms with Gasteiger partial charge in [-0.1, -0.05) is 0 Å². The summed E-state index contributed by atoms with van der Waals surface area (Å²) >= 11 is 0. The van der Waals surface area contributed by atoms with Crippen LogP contribution in [-0.2, 0) is 20.7 Å². The largest absolute Gasteiger partial charge is 0.486 e. The summed E-state index contributed by atoms with van der Waals surface area (Å²) in [4.78, 5) is 12.7. The SMILES string of the molecule is CC(C(=O)c1ccc2c(c1)OCCO2)[S+]1CCS(=O)(=O)CC1. The molecule has 5 nitrogen and oxygen atoms in total. The normalized spacial score (nSPS) is 22.0. The lowest BCUT2D eigenvalue weighted by Crippen LogP contribution is -2.40. The van der Waals surface area contributed by atoms with E-state index >= 15 is 0 Å². The van der Waals surface area contributed by atoms with Gasteiger partial charge in [0.1, 0.15) is 24.7 Å². The molecule has 120 valence electrons. The van der Waals surface area contributed by atoms with E-state index in [1.807, 2.05) is 6.92 Å². The van der Waals surface area contributed by atoms with Gasteiger partial charge in [-0.15, -0.1) is 0 Å². The van der Waals surface area contributed by atoms with Gasteiger partial charge < -0.3 is 9.47 Å². The smallest absolute Gasteiger partial charge is 0.214 e. The fourth-order valence-corrected chi connectivity index (χ4v) is 7.91. The van der Waals surface area contributed by atoms with Crippen LogP contribution in [-0.4, -0.2) is 55.7 Å². The topological polar surface area (TPSA) is 69.7 Å². The van der Waals surface area contributed by atoms with E-state index in [0.717, 1.165) is 0 Å². The summed E-state index contributed by atoms with van der Waals surface area (Å²) < 4.78 is 34.0. The molecule has 1 fully saturated rings. The van der Waals surface area contributed by atoms with E-state index in [0.29, 0.717) is 41.8 Å². The van der Waals surface area contributed by atoms with Gasteiger partial charge in [-0.2, -0.15) is 0 Å². The highest BCUT2D eigenvalue weighted by Crippen LogP contribution is 2.31. The molecule has 0 bridgehead atoms. The van der Waals surface area contributed by atoms with E-state index in [1.54, 1.807) is 18.2 Å². The average Bonchev–Trinajstić information content (AvgIpc) is 2.53. The molecule has 1 aromatic rings. The predicted molar refractivity (Wildman–Crippen MR) is 87.0 cm³/mol. The maximum absolute atomic E-state index is 12.7. The number of ketones is 1. The van der Waals surface area contributed by atoms with Crippen LogP contribution in [0, 0.1) is 0 Å². The molecule has 1 atom stereocenters. The van der Waals surface area contributed by atoms with Gasteiger partial charge in [-0.3, -0.25) is 4.79 Å². The molecular weight excluding hydrogens is 324 g/mol. The number of rotatable bonds is 3. The highest BCUT2D eigenvalue weighted by molar-refractivity contribution is 8.02. The van der Waals surface area contributed by atoms with Crippen LogP contribution in [0.1, 0.15) is 17.3 Å². The third kappa shape index (κ3) is 3.25. The lowest BCUT2D eigenvalue weighted by molar-refractivity contribution is 0.0991. The molecule has 2 heterocycles. The van der Waals surface area contributed by atoms with Gasteiger partial charge in [0.15, 0.2) is 26.6 Å². The summed E-state index contributed by atoms with van der Waals surface area (Å²) in [5.74, 6) is 2.93. The van der Waals surface area contributed by atoms with Crippen molar-refractivity contribution in [1.29, 1.82) is 0 Å². The van der Waals surface area contributed by atoms with Crippen LogP contribution in [0.2, 0.25) is 0 Å². The van der Waals surface area contributed by atoms with E-state index in [1.165, 1.54) is 0 Å². The fourth-order valence-electron chi connectivity index (χ4n) is 2.61. The molecule has 0 saturated carbocycles. The number of fused-ring (bicyclic) bond motifs is 1. The van der Waals surface area contributed by atoms with E-state index in [9.17, 15) is 13.2 Å². The molecule has 0 aliphatic carbocycles. The Kier molecular flexibility index (Phi) is 4.36. The number of Topliss-reactive ketones (excluding diaryl/α,β-unsaturated/α-hetero) is 1. The Morgan fingerprint density at radius 3 is 2.45 bits per heavy atom. The van der Waals surface area contributed by atoms with E-state index in [-0.39, 0.29) is 33.4 Å². The number of benzene rings is 1. The molecule has 0 radical (unpaired) electrons. The first kappa shape index (κ1) is 15.7. The summed E-state index contributed by atoms with van der Waals surface area (Å²) in [5, 5.41) is -0.155. The van der Waals surface area contributed by atoms with Crippen molar-refractivity contribution in [3.63, 3.8) is 0 Å². The minimum Gasteiger partial charge on any atom is -0.486 e. The van der Waals surface area contributed by atoms with E-state index < -0.39 is 9.84 Å². The Balaban J connectivity index is 1.73. The number of ether oxygens (including phenoxy) is 2. The maximum Gasteiger partial charge on any atom is 0.214 e. The first-order valence-electron chi connectivity index (χ1n) is 7.27. The zero-order valence-electron chi connectivity index (χ0n) is 12.4. The predicted octanol–water partition coefficient (Wildman–Crippen LogP) is 1.08. The molecular formula is C15H19O5S2+. The summed E-state index contributed by atoms with van der Waals surface area (Å²) in [6, 6.07) is 5.26. The molecule has 1 saturated heterocycles. The quantitative estimate of drug-likeness (QED) is 0.607. The van der Waals surface area contributed by atoms with Crippen molar-refractivity contribution in [3.8, 4) is 11.5 Å². The standard InChI is InChI=1S/C15H19O5S2/c1-11(21-6-8-22(17,18)9-7-21)15(16)12-2-3-13-14(10-12)20-5-4-19-13/h2-3,10-11H,4-9H2,1H3/q+1. The molecule has 2 aliphatic rings. The third-order valence-corrected chi connectivity index (χ3v) is 8.85. The molecule has 2 aliphatic heterocycles. The van der Waals surface area contributed by atoms with Gasteiger partial charge in [0, 0.05) is 16.5 Å². The summed E-state index contributed by atoms with van der Waals surface area (Å²) in [6.45, 7) is 2.91. The zero-order valence-corrected chi connectivity index (χ0v) is 14.0. The van der Waals surface area contributed by atoms with E-state index in [2.05, 4.69) is 0 Å². The van der Waals surface area contributed by atoms with Gasteiger partial charge in [-0.05, 0) is 25.1 Å². The van der Waals surface area contributed by atoms with Crippen LogP contribution in [0.4, 0.5) is 0 Å². The van der Waals surface area contributed by atoms with Gasteiger partial charge in [0.05, 0.1) is 11.5 Å². The van der Waals surface area contributed by atoms with Crippen LogP contribution < -0.4 is 9.47 Å². The Labute approximate surface area is 133 Å². The molecule has 0 N–H and O–H groups in total. The van der Waals surface area contributed by atoms with Gasteiger partial charge in [0.2, 0.25) is 5.78 Å². The number of hydrogen-bond donors (Lipinski definition) is 0. The van der Waals surface area contributed by atoms with Crippen molar-refractivity contribution in [2.45, 2.75) is 12.2 Å². The lowest BCUT2D eigenvalue weighted by atomic mass is 10.1. The minimum atomic E-state index is -2.89. The molecule has 7 heteroatoms. The van der Waals surface area contributed by atoms with Gasteiger partial charge in [-0.25, -0.2) is 8.42 Å². The maximum atomic E-state index is 12.7. The number of sulfone groups is 1. The van der Waals surface area contributed by atoms with Gasteiger partial charge in [0.25, 0.3) is 0 Å². The second kappa shape index (κ2) is 6.12. The third-order valence-electron chi connectivity index (χ3n) is 4.01. The first-order chi connectivity index (χ1) is 10.5. The van der Waals surface area contributed by atoms with Crippen LogP contribution in [0.15, 0.2) is 18.2 Å². The second-order valence-corrected chi connectivity index (χ2v) is 10.4. The number of carbonyl (C=O) groups excluding carboxylic acids is 1.